The highest BCUT2D eigenvalue weighted by Crippen LogP contribution is 2.17. The van der Waals surface area contributed by atoms with E-state index in [-0.39, 0.29) is 19.0 Å². The number of esters is 1. The lowest BCUT2D eigenvalue weighted by atomic mass is 10.0. The van der Waals surface area contributed by atoms with Crippen molar-refractivity contribution in [3.05, 3.63) is 95.6 Å². The molecule has 0 aliphatic heterocycles. The molecule has 0 saturated carbocycles. The Morgan fingerprint density at radius 3 is 1.89 bits per heavy atom. The molecule has 0 spiro atoms. The van der Waals surface area contributed by atoms with Gasteiger partial charge in [0.05, 0.1) is 12.7 Å². The highest BCUT2D eigenvalue weighted by atomic mass is 16.6. The third-order valence-electron chi connectivity index (χ3n) is 4.06. The van der Waals surface area contributed by atoms with Gasteiger partial charge in [-0.15, -0.1) is 0 Å². The Morgan fingerprint density at radius 2 is 1.25 bits per heavy atom. The van der Waals surface area contributed by atoms with Gasteiger partial charge >= 0.3 is 5.97 Å². The van der Waals surface area contributed by atoms with Crippen LogP contribution >= 0.6 is 0 Å². The average molecular weight is 376 g/mol. The molecule has 0 aromatic heterocycles. The second-order valence-corrected chi connectivity index (χ2v) is 5.93. The third kappa shape index (κ3) is 4.98. The summed E-state index contributed by atoms with van der Waals surface area (Å²) in [4.78, 5) is 24.5. The largest absolute Gasteiger partial charge is 0.497 e. The lowest BCUT2D eigenvalue weighted by Crippen LogP contribution is -2.12. The van der Waals surface area contributed by atoms with Crippen molar-refractivity contribution in [3.8, 4) is 11.5 Å². The molecule has 0 radical (unpaired) electrons. The fraction of sp³-hybridized carbons (Fsp3) is 0.130. The summed E-state index contributed by atoms with van der Waals surface area (Å²) >= 11 is 0. The lowest BCUT2D eigenvalue weighted by molar-refractivity contribution is 0.0450. The van der Waals surface area contributed by atoms with Gasteiger partial charge in [0.15, 0.2) is 5.78 Å². The minimum atomic E-state index is -0.461. The highest BCUT2D eigenvalue weighted by Gasteiger charge is 2.11. The van der Waals surface area contributed by atoms with Crippen molar-refractivity contribution in [3.63, 3.8) is 0 Å². The molecule has 0 saturated heterocycles. The molecule has 0 amide bonds. The van der Waals surface area contributed by atoms with Gasteiger partial charge < -0.3 is 14.2 Å². The summed E-state index contributed by atoms with van der Waals surface area (Å²) in [6, 6.07) is 22.6. The minimum Gasteiger partial charge on any atom is -0.497 e. The van der Waals surface area contributed by atoms with Gasteiger partial charge in [0.2, 0.25) is 0 Å². The summed E-state index contributed by atoms with van der Waals surface area (Å²) in [5.41, 5.74) is 1.51. The van der Waals surface area contributed by atoms with Crippen LogP contribution in [0.1, 0.15) is 26.3 Å². The van der Waals surface area contributed by atoms with Crippen molar-refractivity contribution in [1.82, 2.24) is 0 Å². The van der Waals surface area contributed by atoms with E-state index in [1.165, 1.54) is 0 Å². The van der Waals surface area contributed by atoms with Crippen LogP contribution in [0.25, 0.3) is 0 Å². The molecule has 0 heterocycles. The van der Waals surface area contributed by atoms with Crippen LogP contribution in [0.5, 0.6) is 11.5 Å². The summed E-state index contributed by atoms with van der Waals surface area (Å²) in [5.74, 6) is 0.860. The van der Waals surface area contributed by atoms with Gasteiger partial charge in [-0.1, -0.05) is 42.5 Å². The Bertz CT molecular complexity index is 915. The monoisotopic (exact) mass is 376 g/mol. The molecule has 3 aromatic carbocycles. The summed E-state index contributed by atoms with van der Waals surface area (Å²) in [6.45, 7) is 0.359. The van der Waals surface area contributed by atoms with Crippen molar-refractivity contribution in [2.45, 2.75) is 0 Å². The zero-order valence-electron chi connectivity index (χ0n) is 15.5. The molecule has 5 nitrogen and oxygen atoms in total. The number of carbonyl (C=O) groups excluding carboxylic acids is 2. The van der Waals surface area contributed by atoms with Crippen LogP contribution in [0.3, 0.4) is 0 Å². The Hall–Kier alpha value is -3.60. The van der Waals surface area contributed by atoms with E-state index < -0.39 is 5.97 Å². The normalized spacial score (nSPS) is 10.2. The summed E-state index contributed by atoms with van der Waals surface area (Å²) < 4.78 is 15.8. The number of hydrogen-bond acceptors (Lipinski definition) is 5. The number of ketones is 1. The topological polar surface area (TPSA) is 61.8 Å². The zero-order chi connectivity index (χ0) is 19.8. The number of benzene rings is 3. The van der Waals surface area contributed by atoms with E-state index in [4.69, 9.17) is 14.2 Å². The van der Waals surface area contributed by atoms with Gasteiger partial charge in [-0.3, -0.25) is 4.79 Å². The average Bonchev–Trinajstić information content (AvgIpc) is 2.77. The molecule has 0 fully saturated rings. The van der Waals surface area contributed by atoms with Crippen LogP contribution < -0.4 is 9.47 Å². The van der Waals surface area contributed by atoms with Crippen LogP contribution in [0.4, 0.5) is 0 Å². The van der Waals surface area contributed by atoms with Crippen LogP contribution in [0.15, 0.2) is 78.9 Å². The number of hydrogen-bond donors (Lipinski definition) is 0. The minimum absolute atomic E-state index is 0.0894. The van der Waals surface area contributed by atoms with Crippen LogP contribution in [0, 0.1) is 0 Å². The quantitative estimate of drug-likeness (QED) is 0.336. The maximum atomic E-state index is 12.4. The number of rotatable bonds is 8. The van der Waals surface area contributed by atoms with Crippen LogP contribution in [-0.2, 0) is 4.74 Å². The Labute approximate surface area is 163 Å². The van der Waals surface area contributed by atoms with E-state index in [2.05, 4.69) is 0 Å². The van der Waals surface area contributed by atoms with Crippen molar-refractivity contribution in [2.75, 3.05) is 20.3 Å². The summed E-state index contributed by atoms with van der Waals surface area (Å²) in [7, 11) is 1.60. The zero-order valence-corrected chi connectivity index (χ0v) is 15.5. The molecular formula is C23H20O5. The Morgan fingerprint density at radius 1 is 0.679 bits per heavy atom. The predicted octanol–water partition coefficient (Wildman–Crippen LogP) is 4.16. The molecule has 0 bridgehead atoms. The lowest BCUT2D eigenvalue weighted by Gasteiger charge is -2.08. The molecular weight excluding hydrogens is 356 g/mol. The molecule has 0 atom stereocenters. The second-order valence-electron chi connectivity index (χ2n) is 5.93. The first-order valence-corrected chi connectivity index (χ1v) is 8.81. The number of ether oxygens (including phenoxy) is 3. The standard InChI is InChI=1S/C23H20O5/c1-26-20-11-13-21(14-12-20)27-15-16-28-23(25)19-9-7-18(8-10-19)22(24)17-5-3-2-4-6-17/h2-14H,15-16H2,1H3. The van der Waals surface area contributed by atoms with E-state index in [1.807, 2.05) is 18.2 Å². The van der Waals surface area contributed by atoms with Crippen molar-refractivity contribution in [1.29, 1.82) is 0 Å². The molecule has 28 heavy (non-hydrogen) atoms. The van der Waals surface area contributed by atoms with E-state index in [9.17, 15) is 9.59 Å². The van der Waals surface area contributed by atoms with Crippen LogP contribution in [0.2, 0.25) is 0 Å². The molecule has 3 rings (SSSR count). The highest BCUT2D eigenvalue weighted by molar-refractivity contribution is 6.09. The first-order chi connectivity index (χ1) is 13.7. The number of carbonyl (C=O) groups is 2. The third-order valence-corrected chi connectivity index (χ3v) is 4.06. The first kappa shape index (κ1) is 19.2. The van der Waals surface area contributed by atoms with E-state index in [1.54, 1.807) is 67.8 Å². The molecule has 0 N–H and O–H groups in total. The fourth-order valence-electron chi connectivity index (χ4n) is 2.56. The van der Waals surface area contributed by atoms with Gasteiger partial charge in [-0.2, -0.15) is 0 Å². The van der Waals surface area contributed by atoms with Crippen molar-refractivity contribution >= 4 is 11.8 Å². The van der Waals surface area contributed by atoms with E-state index in [0.717, 1.165) is 5.75 Å². The molecule has 5 heteroatoms. The smallest absolute Gasteiger partial charge is 0.338 e. The maximum absolute atomic E-state index is 12.4. The molecule has 142 valence electrons. The predicted molar refractivity (Wildman–Crippen MR) is 105 cm³/mol. The fourth-order valence-corrected chi connectivity index (χ4v) is 2.56. The Kier molecular flexibility index (Phi) is 6.41. The van der Waals surface area contributed by atoms with Gasteiger partial charge in [-0.05, 0) is 36.4 Å². The maximum Gasteiger partial charge on any atom is 0.338 e. The van der Waals surface area contributed by atoms with E-state index in [0.29, 0.717) is 22.4 Å². The summed E-state index contributed by atoms with van der Waals surface area (Å²) in [5, 5.41) is 0. The van der Waals surface area contributed by atoms with Gasteiger partial charge in [0.1, 0.15) is 24.7 Å². The summed E-state index contributed by atoms with van der Waals surface area (Å²) in [6.07, 6.45) is 0. The van der Waals surface area contributed by atoms with Crippen molar-refractivity contribution in [2.24, 2.45) is 0 Å². The first-order valence-electron chi connectivity index (χ1n) is 8.81. The van der Waals surface area contributed by atoms with Gasteiger partial charge in [0.25, 0.3) is 0 Å². The van der Waals surface area contributed by atoms with Crippen molar-refractivity contribution < 1.29 is 23.8 Å². The second kappa shape index (κ2) is 9.37. The SMILES string of the molecule is COc1ccc(OCCOC(=O)c2ccc(C(=O)c3ccccc3)cc2)cc1. The molecule has 0 aliphatic rings. The Balaban J connectivity index is 1.48. The van der Waals surface area contributed by atoms with Gasteiger partial charge in [0, 0.05) is 11.1 Å². The van der Waals surface area contributed by atoms with Gasteiger partial charge in [-0.25, -0.2) is 4.79 Å². The van der Waals surface area contributed by atoms with Crippen LogP contribution in [-0.4, -0.2) is 32.1 Å². The molecule has 3 aromatic rings. The number of methoxy groups -OCH3 is 1. The molecule has 0 unspecified atom stereocenters. The van der Waals surface area contributed by atoms with E-state index >= 15 is 0 Å². The molecule has 0 aliphatic carbocycles.